The number of benzene rings is 3. The Morgan fingerprint density at radius 2 is 1.56 bits per heavy atom. The second kappa shape index (κ2) is 9.38. The highest BCUT2D eigenvalue weighted by Gasteiger charge is 2.38. The Kier molecular flexibility index (Phi) is 6.63. The Balaban J connectivity index is 1.94. The van der Waals surface area contributed by atoms with Crippen LogP contribution in [0.2, 0.25) is 0 Å². The largest absolute Gasteiger partial charge is 0.368 e. The summed E-state index contributed by atoms with van der Waals surface area (Å²) in [5.74, 6) is -2.26. The zero-order chi connectivity index (χ0) is 23.3. The molecular weight excluding hydrogens is 413 g/mol. The van der Waals surface area contributed by atoms with Crippen molar-refractivity contribution in [3.05, 3.63) is 111 Å². The summed E-state index contributed by atoms with van der Waals surface area (Å²) >= 11 is 0. The third kappa shape index (κ3) is 4.64. The van der Waals surface area contributed by atoms with Crippen molar-refractivity contribution < 1.29 is 18.9 Å². The van der Waals surface area contributed by atoms with Crippen LogP contribution < -0.4 is 11.1 Å². The lowest BCUT2D eigenvalue weighted by atomic mass is 9.75. The molecule has 0 spiro atoms. The second-order valence-corrected chi connectivity index (χ2v) is 7.53. The summed E-state index contributed by atoms with van der Waals surface area (Å²) in [6.07, 6.45) is -0.123. The molecule has 0 radical (unpaired) electrons. The first-order valence-corrected chi connectivity index (χ1v) is 9.87. The molecule has 0 aliphatic carbocycles. The number of primary amides is 1. The Bertz CT molecular complexity index is 1100. The maximum absolute atomic E-state index is 13.7. The van der Waals surface area contributed by atoms with Crippen LogP contribution in [0.4, 0.5) is 10.1 Å². The molecule has 0 aromatic heterocycles. The van der Waals surface area contributed by atoms with Crippen molar-refractivity contribution in [1.29, 1.82) is 0 Å². The Hall–Kier alpha value is -4.07. The lowest BCUT2D eigenvalue weighted by Gasteiger charge is -2.31. The molecule has 3 N–H and O–H groups in total. The zero-order valence-electron chi connectivity index (χ0n) is 17.3. The Morgan fingerprint density at radius 1 is 1.03 bits per heavy atom. The fourth-order valence-electron chi connectivity index (χ4n) is 3.56. The van der Waals surface area contributed by atoms with Crippen LogP contribution in [0.25, 0.3) is 0 Å². The van der Waals surface area contributed by atoms with Gasteiger partial charge in [-0.15, -0.1) is 0 Å². The van der Waals surface area contributed by atoms with Crippen molar-refractivity contribution in [3.8, 4) is 0 Å². The van der Waals surface area contributed by atoms with Gasteiger partial charge < -0.3 is 11.1 Å². The number of halogens is 1. The number of rotatable bonds is 8. The summed E-state index contributed by atoms with van der Waals surface area (Å²) < 4.78 is 13.7. The molecule has 0 bridgehead atoms. The summed E-state index contributed by atoms with van der Waals surface area (Å²) in [7, 11) is 0. The summed E-state index contributed by atoms with van der Waals surface area (Å²) in [6, 6.07) is 20.3. The molecule has 0 unspecified atom stereocenters. The van der Waals surface area contributed by atoms with Crippen molar-refractivity contribution in [2.75, 3.05) is 0 Å². The number of hydrogen-bond donors (Lipinski definition) is 2. The van der Waals surface area contributed by atoms with E-state index in [0.717, 1.165) is 12.1 Å². The molecule has 0 aliphatic heterocycles. The normalized spacial score (nSPS) is 12.1. The maximum Gasteiger partial charge on any atom is 0.305 e. The van der Waals surface area contributed by atoms with E-state index in [4.69, 9.17) is 5.73 Å². The van der Waals surface area contributed by atoms with Crippen LogP contribution in [0.3, 0.4) is 0 Å². The molecule has 0 saturated carbocycles. The van der Waals surface area contributed by atoms with Gasteiger partial charge in [0.2, 0.25) is 17.6 Å². The number of carbonyl (C=O) groups is 2. The topological polar surface area (TPSA) is 115 Å². The maximum atomic E-state index is 13.7. The fraction of sp³-hybridized carbons (Fsp3) is 0.167. The van der Waals surface area contributed by atoms with Crippen LogP contribution in [0.5, 0.6) is 0 Å². The predicted molar refractivity (Wildman–Crippen MR) is 117 cm³/mol. The van der Waals surface area contributed by atoms with Crippen LogP contribution in [0.15, 0.2) is 78.9 Å². The van der Waals surface area contributed by atoms with Crippen LogP contribution in [-0.2, 0) is 21.4 Å². The minimum Gasteiger partial charge on any atom is -0.368 e. The van der Waals surface area contributed by atoms with E-state index in [9.17, 15) is 24.1 Å². The van der Waals surface area contributed by atoms with Crippen molar-refractivity contribution in [2.45, 2.75) is 24.8 Å². The van der Waals surface area contributed by atoms with Crippen LogP contribution in [-0.4, -0.2) is 22.8 Å². The molecule has 164 valence electrons. The number of amides is 2. The number of nitrogens with two attached hydrogens (primary N) is 1. The van der Waals surface area contributed by atoms with Crippen molar-refractivity contribution >= 4 is 17.5 Å². The zero-order valence-corrected chi connectivity index (χ0v) is 17.3. The van der Waals surface area contributed by atoms with Gasteiger partial charge in [-0.3, -0.25) is 19.7 Å². The number of nitro benzene ring substituents is 1. The van der Waals surface area contributed by atoms with Gasteiger partial charge in [0.15, 0.2) is 0 Å². The first-order chi connectivity index (χ1) is 15.2. The fourth-order valence-corrected chi connectivity index (χ4v) is 3.56. The van der Waals surface area contributed by atoms with Gasteiger partial charge in [0.25, 0.3) is 0 Å². The highest BCUT2D eigenvalue weighted by Crippen LogP contribution is 2.32. The van der Waals surface area contributed by atoms with E-state index in [2.05, 4.69) is 5.32 Å². The van der Waals surface area contributed by atoms with Crippen LogP contribution in [0, 0.1) is 15.9 Å². The summed E-state index contributed by atoms with van der Waals surface area (Å²) in [5.41, 5.74) is 5.39. The number of nitrogens with zero attached hydrogens (tertiary/aromatic N) is 1. The second-order valence-electron chi connectivity index (χ2n) is 7.53. The van der Waals surface area contributed by atoms with Gasteiger partial charge in [-0.05, 0) is 29.7 Å². The number of carbonyl (C=O) groups excluding carboxylic acids is 2. The first kappa shape index (κ1) is 22.6. The third-order valence-electron chi connectivity index (χ3n) is 5.45. The number of nitro groups is 1. The van der Waals surface area contributed by atoms with Gasteiger partial charge in [0, 0.05) is 12.5 Å². The van der Waals surface area contributed by atoms with Gasteiger partial charge in [0.1, 0.15) is 6.04 Å². The summed E-state index contributed by atoms with van der Waals surface area (Å²) in [6.45, 7) is 1.74. The Labute approximate surface area is 184 Å². The number of hydrogen-bond acceptors (Lipinski definition) is 4. The van der Waals surface area contributed by atoms with Gasteiger partial charge in [-0.2, -0.15) is 4.39 Å². The van der Waals surface area contributed by atoms with Crippen molar-refractivity contribution in [3.63, 3.8) is 0 Å². The highest BCUT2D eigenvalue weighted by atomic mass is 19.1. The molecule has 32 heavy (non-hydrogen) atoms. The van der Waals surface area contributed by atoms with E-state index in [1.807, 2.05) is 60.7 Å². The van der Waals surface area contributed by atoms with E-state index in [1.54, 1.807) is 6.92 Å². The smallest absolute Gasteiger partial charge is 0.305 e. The van der Waals surface area contributed by atoms with Gasteiger partial charge in [-0.25, -0.2) is 0 Å². The average molecular weight is 435 g/mol. The molecule has 2 amide bonds. The molecule has 0 heterocycles. The van der Waals surface area contributed by atoms with Crippen LogP contribution >= 0.6 is 0 Å². The van der Waals surface area contributed by atoms with E-state index in [0.29, 0.717) is 16.7 Å². The standard InChI is InChI=1S/C24H22FN3O4/c1-24(17-8-4-2-5-9-17,18-10-6-3-7-11-18)23(30)27-20(22(26)29)14-16-12-13-19(25)21(15-16)28(31)32/h2-13,15,20H,14H2,1H3,(H2,26,29)(H,27,30)/t20-/m0/s1. The molecule has 3 aromatic rings. The molecular formula is C24H22FN3O4. The molecule has 8 heteroatoms. The van der Waals surface area contributed by atoms with Crippen molar-refractivity contribution in [1.82, 2.24) is 5.32 Å². The minimum atomic E-state index is -1.15. The van der Waals surface area contributed by atoms with E-state index in [1.165, 1.54) is 6.07 Å². The lowest BCUT2D eigenvalue weighted by molar-refractivity contribution is -0.387. The van der Waals surface area contributed by atoms with Gasteiger partial charge in [0.05, 0.1) is 10.3 Å². The van der Waals surface area contributed by atoms with Crippen LogP contribution in [0.1, 0.15) is 23.6 Å². The lowest BCUT2D eigenvalue weighted by Crippen LogP contribution is -2.52. The predicted octanol–water partition coefficient (Wildman–Crippen LogP) is 3.25. The highest BCUT2D eigenvalue weighted by molar-refractivity contribution is 5.95. The third-order valence-corrected chi connectivity index (χ3v) is 5.45. The van der Waals surface area contributed by atoms with E-state index < -0.39 is 39.7 Å². The minimum absolute atomic E-state index is 0.123. The molecule has 3 aromatic carbocycles. The Morgan fingerprint density at radius 3 is 2.03 bits per heavy atom. The quantitative estimate of drug-likeness (QED) is 0.417. The van der Waals surface area contributed by atoms with E-state index in [-0.39, 0.29) is 6.42 Å². The SMILES string of the molecule is CC(C(=O)N[C@@H](Cc1ccc(F)c([N+](=O)[O-])c1)C(N)=O)(c1ccccc1)c1ccccc1. The molecule has 0 fully saturated rings. The number of nitrogens with one attached hydrogen (secondary N) is 1. The molecule has 1 atom stereocenters. The van der Waals surface area contributed by atoms with E-state index >= 15 is 0 Å². The van der Waals surface area contributed by atoms with Gasteiger partial charge in [-0.1, -0.05) is 66.7 Å². The molecule has 7 nitrogen and oxygen atoms in total. The summed E-state index contributed by atoms with van der Waals surface area (Å²) in [5, 5.41) is 13.7. The van der Waals surface area contributed by atoms with Gasteiger partial charge >= 0.3 is 5.69 Å². The van der Waals surface area contributed by atoms with Crippen molar-refractivity contribution in [2.24, 2.45) is 5.73 Å². The molecule has 0 aliphatic rings. The molecule has 3 rings (SSSR count). The summed E-state index contributed by atoms with van der Waals surface area (Å²) in [4.78, 5) is 35.8. The monoisotopic (exact) mass is 435 g/mol. The molecule has 0 saturated heterocycles. The first-order valence-electron chi connectivity index (χ1n) is 9.87. The average Bonchev–Trinajstić information content (AvgIpc) is 2.80.